The van der Waals surface area contributed by atoms with E-state index in [2.05, 4.69) is 71.5 Å². The van der Waals surface area contributed by atoms with Crippen molar-refractivity contribution in [1.29, 1.82) is 0 Å². The van der Waals surface area contributed by atoms with Crippen molar-refractivity contribution < 1.29 is 9.84 Å². The highest BCUT2D eigenvalue weighted by molar-refractivity contribution is 5.57. The molecule has 180 valence electrons. The first kappa shape index (κ1) is 25.1. The number of aliphatic hydroxyl groups excluding tert-OH is 1. The van der Waals surface area contributed by atoms with Gasteiger partial charge in [-0.25, -0.2) is 0 Å². The molecule has 2 aromatic carbocycles. The van der Waals surface area contributed by atoms with E-state index < -0.39 is 0 Å². The van der Waals surface area contributed by atoms with Crippen LogP contribution in [0.4, 0.5) is 11.4 Å². The monoisotopic (exact) mass is 451 g/mol. The van der Waals surface area contributed by atoms with Crippen LogP contribution in [0, 0.1) is 13.8 Å². The van der Waals surface area contributed by atoms with Crippen molar-refractivity contribution in [3.63, 3.8) is 0 Å². The lowest BCUT2D eigenvalue weighted by atomic mass is 10.1. The number of hydrogen-bond acceptors (Lipinski definition) is 5. The fraction of sp³-hybridized carbons (Fsp3) is 0.500. The van der Waals surface area contributed by atoms with Crippen LogP contribution in [-0.4, -0.2) is 63.1 Å². The van der Waals surface area contributed by atoms with Crippen LogP contribution >= 0.6 is 0 Å². The van der Waals surface area contributed by atoms with Crippen LogP contribution in [0.2, 0.25) is 0 Å². The molecule has 0 amide bonds. The number of rotatable bonds is 13. The summed E-state index contributed by atoms with van der Waals surface area (Å²) in [7, 11) is 2.02. The zero-order valence-electron chi connectivity index (χ0n) is 20.7. The Kier molecular flexibility index (Phi) is 9.64. The van der Waals surface area contributed by atoms with Gasteiger partial charge in [-0.3, -0.25) is 4.90 Å². The van der Waals surface area contributed by atoms with Crippen LogP contribution in [0.3, 0.4) is 0 Å². The Bertz CT molecular complexity index is 899. The smallest absolute Gasteiger partial charge is 0.121 e. The van der Waals surface area contributed by atoms with Crippen molar-refractivity contribution in [2.75, 3.05) is 62.9 Å². The van der Waals surface area contributed by atoms with Gasteiger partial charge in [0.2, 0.25) is 0 Å². The average molecular weight is 452 g/mol. The Morgan fingerprint density at radius 2 is 2.00 bits per heavy atom. The van der Waals surface area contributed by atoms with E-state index in [0.717, 1.165) is 70.0 Å². The first-order valence-corrected chi connectivity index (χ1v) is 12.3. The molecule has 1 N–H and O–H groups in total. The third-order valence-electron chi connectivity index (χ3n) is 6.63. The lowest BCUT2D eigenvalue weighted by Gasteiger charge is -2.23. The Morgan fingerprint density at radius 1 is 1.15 bits per heavy atom. The Morgan fingerprint density at radius 3 is 2.79 bits per heavy atom. The molecule has 0 aliphatic carbocycles. The molecule has 5 heteroatoms. The second-order valence-corrected chi connectivity index (χ2v) is 9.06. The molecule has 1 aliphatic rings. The Balaban J connectivity index is 1.44. The molecule has 0 atom stereocenters. The molecule has 0 bridgehead atoms. The second kappa shape index (κ2) is 12.7. The van der Waals surface area contributed by atoms with Gasteiger partial charge in [-0.1, -0.05) is 24.3 Å². The van der Waals surface area contributed by atoms with Gasteiger partial charge in [0, 0.05) is 50.7 Å². The fourth-order valence-electron chi connectivity index (χ4n) is 4.46. The van der Waals surface area contributed by atoms with Crippen molar-refractivity contribution in [3.05, 3.63) is 65.7 Å². The fourth-order valence-corrected chi connectivity index (χ4v) is 4.46. The summed E-state index contributed by atoms with van der Waals surface area (Å²) in [5.74, 6) is 0.902. The normalized spacial score (nSPS) is 14.0. The van der Waals surface area contributed by atoms with Gasteiger partial charge in [-0.15, -0.1) is 6.58 Å². The Hall–Kier alpha value is -2.50. The van der Waals surface area contributed by atoms with E-state index in [1.165, 1.54) is 22.4 Å². The summed E-state index contributed by atoms with van der Waals surface area (Å²) in [5.41, 5.74) is 6.53. The molecule has 1 heterocycles. The minimum atomic E-state index is 0.139. The molecule has 0 unspecified atom stereocenters. The van der Waals surface area contributed by atoms with Crippen molar-refractivity contribution in [1.82, 2.24) is 4.90 Å². The maximum absolute atomic E-state index is 9.34. The summed E-state index contributed by atoms with van der Waals surface area (Å²) in [6, 6.07) is 12.9. The van der Waals surface area contributed by atoms with Gasteiger partial charge in [0.25, 0.3) is 0 Å². The van der Waals surface area contributed by atoms with Crippen LogP contribution in [-0.2, 0) is 6.42 Å². The molecule has 0 spiro atoms. The van der Waals surface area contributed by atoms with Gasteiger partial charge < -0.3 is 19.6 Å². The number of unbranched alkanes of at least 4 members (excludes halogenated alkanes) is 1. The van der Waals surface area contributed by atoms with Gasteiger partial charge in [-0.05, 0) is 68.4 Å². The topological polar surface area (TPSA) is 39.2 Å². The van der Waals surface area contributed by atoms with Crippen LogP contribution in [0.15, 0.2) is 49.1 Å². The largest absolute Gasteiger partial charge is 0.494 e. The third kappa shape index (κ3) is 6.99. The first-order chi connectivity index (χ1) is 16.0. The number of likely N-dealkylation sites (N-methyl/N-ethyl adjacent to an activating group) is 1. The van der Waals surface area contributed by atoms with Crippen molar-refractivity contribution in [2.24, 2.45) is 0 Å². The predicted octanol–water partition coefficient (Wildman–Crippen LogP) is 4.79. The molecule has 1 fully saturated rings. The van der Waals surface area contributed by atoms with E-state index in [1.54, 1.807) is 0 Å². The molecule has 0 aromatic heterocycles. The highest BCUT2D eigenvalue weighted by Gasteiger charge is 2.21. The number of benzene rings is 2. The van der Waals surface area contributed by atoms with Crippen LogP contribution in [0.25, 0.3) is 0 Å². The standard InChI is InChI=1S/C28H41N3O2/c1-5-6-11-25-13-14-26(21-28(25)29(4)18-19-32)33-20-8-7-15-30-16-17-31(22-30)27-12-9-10-23(2)24(27)3/h5,9-10,12-14,21,32H,1,6-8,11,15-20,22H2,2-4H3. The zero-order chi connectivity index (χ0) is 23.6. The molecule has 1 saturated heterocycles. The summed E-state index contributed by atoms with van der Waals surface area (Å²) in [6.45, 7) is 14.1. The number of aliphatic hydroxyl groups is 1. The number of anilines is 2. The predicted molar refractivity (Wildman–Crippen MR) is 140 cm³/mol. The van der Waals surface area contributed by atoms with Gasteiger partial charge in [0.1, 0.15) is 5.75 Å². The quantitative estimate of drug-likeness (QED) is 0.350. The first-order valence-electron chi connectivity index (χ1n) is 12.3. The van der Waals surface area contributed by atoms with E-state index in [1.807, 2.05) is 13.1 Å². The minimum Gasteiger partial charge on any atom is -0.494 e. The number of allylic oxidation sites excluding steroid dienone is 1. The van der Waals surface area contributed by atoms with Gasteiger partial charge in [0.15, 0.2) is 0 Å². The number of aryl methyl sites for hydroxylation is 2. The summed E-state index contributed by atoms with van der Waals surface area (Å²) >= 11 is 0. The third-order valence-corrected chi connectivity index (χ3v) is 6.63. The van der Waals surface area contributed by atoms with E-state index in [4.69, 9.17) is 4.74 Å². The van der Waals surface area contributed by atoms with E-state index in [9.17, 15) is 5.11 Å². The molecular formula is C28H41N3O2. The van der Waals surface area contributed by atoms with E-state index in [-0.39, 0.29) is 6.61 Å². The molecule has 2 aromatic rings. The SMILES string of the molecule is C=CCCc1ccc(OCCCCN2CCN(c3cccc(C)c3C)C2)cc1N(C)CCO. The molecule has 1 aliphatic heterocycles. The highest BCUT2D eigenvalue weighted by atomic mass is 16.5. The number of nitrogens with zero attached hydrogens (tertiary/aromatic N) is 3. The van der Waals surface area contributed by atoms with E-state index in [0.29, 0.717) is 6.54 Å². The summed E-state index contributed by atoms with van der Waals surface area (Å²) in [6.07, 6.45) is 6.01. The maximum atomic E-state index is 9.34. The van der Waals surface area contributed by atoms with Crippen molar-refractivity contribution in [2.45, 2.75) is 39.5 Å². The molecule has 3 rings (SSSR count). The zero-order valence-corrected chi connectivity index (χ0v) is 20.7. The summed E-state index contributed by atoms with van der Waals surface area (Å²) in [4.78, 5) is 7.13. The lowest BCUT2D eigenvalue weighted by Crippen LogP contribution is -2.26. The molecule has 0 radical (unpaired) electrons. The lowest BCUT2D eigenvalue weighted by molar-refractivity contribution is 0.280. The highest BCUT2D eigenvalue weighted by Crippen LogP contribution is 2.27. The van der Waals surface area contributed by atoms with Crippen LogP contribution in [0.1, 0.15) is 36.0 Å². The van der Waals surface area contributed by atoms with Crippen molar-refractivity contribution in [3.8, 4) is 5.75 Å². The molecule has 0 saturated carbocycles. The average Bonchev–Trinajstić information content (AvgIpc) is 3.28. The van der Waals surface area contributed by atoms with Crippen LogP contribution < -0.4 is 14.5 Å². The summed E-state index contributed by atoms with van der Waals surface area (Å²) in [5, 5.41) is 9.34. The molecular weight excluding hydrogens is 410 g/mol. The van der Waals surface area contributed by atoms with E-state index >= 15 is 0 Å². The number of ether oxygens (including phenoxy) is 1. The van der Waals surface area contributed by atoms with Gasteiger partial charge >= 0.3 is 0 Å². The van der Waals surface area contributed by atoms with Crippen molar-refractivity contribution >= 4 is 11.4 Å². The molecule has 5 nitrogen and oxygen atoms in total. The molecule has 33 heavy (non-hydrogen) atoms. The number of hydrogen-bond donors (Lipinski definition) is 1. The second-order valence-electron chi connectivity index (χ2n) is 9.06. The summed E-state index contributed by atoms with van der Waals surface area (Å²) < 4.78 is 6.08. The van der Waals surface area contributed by atoms with Crippen LogP contribution in [0.5, 0.6) is 5.75 Å². The maximum Gasteiger partial charge on any atom is 0.121 e. The minimum absolute atomic E-state index is 0.139. The van der Waals surface area contributed by atoms with Gasteiger partial charge in [-0.2, -0.15) is 0 Å². The Labute approximate surface area is 200 Å². The van der Waals surface area contributed by atoms with Gasteiger partial charge in [0.05, 0.1) is 19.9 Å².